The Morgan fingerprint density at radius 2 is 1.68 bits per heavy atom. The van der Waals surface area contributed by atoms with Gasteiger partial charge in [0.2, 0.25) is 0 Å². The molecule has 0 bridgehead atoms. The molecule has 22 heavy (non-hydrogen) atoms. The van der Waals surface area contributed by atoms with Gasteiger partial charge in [0.05, 0.1) is 11.3 Å². The number of nitrogens with zero attached hydrogens (tertiary/aromatic N) is 1. The number of carbonyl (C=O) groups is 1. The summed E-state index contributed by atoms with van der Waals surface area (Å²) in [5, 5.41) is 3.52. The van der Waals surface area contributed by atoms with E-state index in [2.05, 4.69) is 5.16 Å². The van der Waals surface area contributed by atoms with Gasteiger partial charge in [-0.15, -0.1) is 0 Å². The van der Waals surface area contributed by atoms with Crippen LogP contribution in [-0.2, 0) is 0 Å². The molecule has 2 aromatic rings. The first-order valence-corrected chi connectivity index (χ1v) is 7.98. The highest BCUT2D eigenvalue weighted by molar-refractivity contribution is 8.45. The maximum Gasteiger partial charge on any atom is 0.310 e. The molecule has 1 aromatic carbocycles. The Bertz CT molecular complexity index is 760. The summed E-state index contributed by atoms with van der Waals surface area (Å²) >= 11 is 0. The van der Waals surface area contributed by atoms with Gasteiger partial charge >= 0.3 is 10.2 Å². The summed E-state index contributed by atoms with van der Waals surface area (Å²) in [5.74, 6) is -0.740. The molecule has 0 aliphatic heterocycles. The second kappa shape index (κ2) is 4.09. The van der Waals surface area contributed by atoms with E-state index in [1.807, 2.05) is 0 Å². The van der Waals surface area contributed by atoms with Crippen LogP contribution in [0, 0.1) is 20.8 Å². The lowest BCUT2D eigenvalue weighted by Gasteiger charge is -2.41. The number of ketones is 1. The van der Waals surface area contributed by atoms with Crippen molar-refractivity contribution in [1.82, 2.24) is 5.16 Å². The minimum absolute atomic E-state index is 0.0306. The first-order valence-electron chi connectivity index (χ1n) is 6.03. The van der Waals surface area contributed by atoms with E-state index in [0.29, 0.717) is 0 Å². The van der Waals surface area contributed by atoms with Gasteiger partial charge in [-0.05, 0) is 32.4 Å². The van der Waals surface area contributed by atoms with Gasteiger partial charge in [-0.3, -0.25) is 4.79 Å². The molecule has 0 saturated carbocycles. The third-order valence-electron chi connectivity index (χ3n) is 3.13. The number of aryl methyl sites for hydroxylation is 3. The van der Waals surface area contributed by atoms with Crippen LogP contribution in [0.15, 0.2) is 27.6 Å². The fraction of sp³-hybridized carbons (Fsp3) is 0.231. The van der Waals surface area contributed by atoms with Crippen LogP contribution in [0.25, 0.3) is 0 Å². The molecule has 2 rings (SSSR count). The maximum atomic E-state index is 13.0. The summed E-state index contributed by atoms with van der Waals surface area (Å²) < 4.78 is 69.8. The van der Waals surface area contributed by atoms with E-state index in [1.54, 1.807) is 0 Å². The number of hydrogen-bond acceptors (Lipinski definition) is 3. The highest BCUT2D eigenvalue weighted by Gasteiger charge is 2.66. The standard InChI is InChI=1S/C13H12F5NO2S/c1-7-4-5-10(6-11(7)22(14,15,16,17)18)13(20)12-8(2)19-21-9(12)3/h4-6H,1-3H3. The molecule has 0 aliphatic rings. The van der Waals surface area contributed by atoms with Gasteiger partial charge in [-0.25, -0.2) is 0 Å². The fourth-order valence-electron chi connectivity index (χ4n) is 2.11. The summed E-state index contributed by atoms with van der Waals surface area (Å²) in [4.78, 5) is 10.2. The molecule has 0 atom stereocenters. The summed E-state index contributed by atoms with van der Waals surface area (Å²) in [5.41, 5.74) is -0.994. The highest BCUT2D eigenvalue weighted by atomic mass is 32.5. The van der Waals surface area contributed by atoms with Crippen molar-refractivity contribution in [2.75, 3.05) is 0 Å². The van der Waals surface area contributed by atoms with E-state index >= 15 is 0 Å². The topological polar surface area (TPSA) is 43.1 Å². The Hall–Kier alpha value is -1.90. The van der Waals surface area contributed by atoms with Crippen LogP contribution in [0.5, 0.6) is 0 Å². The van der Waals surface area contributed by atoms with Crippen LogP contribution in [-0.4, -0.2) is 10.9 Å². The van der Waals surface area contributed by atoms with E-state index in [-0.39, 0.29) is 23.1 Å². The van der Waals surface area contributed by atoms with Crippen molar-refractivity contribution in [2.24, 2.45) is 0 Å². The summed E-state index contributed by atoms with van der Waals surface area (Å²) in [7, 11) is -9.87. The molecule has 0 unspecified atom stereocenters. The number of carbonyl (C=O) groups excluding carboxylic acids is 1. The van der Waals surface area contributed by atoms with E-state index in [0.717, 1.165) is 19.1 Å². The van der Waals surface area contributed by atoms with Crippen LogP contribution in [0.4, 0.5) is 19.4 Å². The van der Waals surface area contributed by atoms with Gasteiger partial charge in [0.15, 0.2) is 5.78 Å². The number of halogens is 5. The molecule has 0 fully saturated rings. The Morgan fingerprint density at radius 3 is 2.14 bits per heavy atom. The average Bonchev–Trinajstić information content (AvgIpc) is 2.65. The molecule has 0 spiro atoms. The van der Waals surface area contributed by atoms with Gasteiger partial charge < -0.3 is 4.52 Å². The normalized spacial score (nSPS) is 15.3. The lowest BCUT2D eigenvalue weighted by Crippen LogP contribution is -2.11. The maximum absolute atomic E-state index is 13.0. The highest BCUT2D eigenvalue weighted by Crippen LogP contribution is 3.02. The van der Waals surface area contributed by atoms with E-state index < -0.39 is 32.0 Å². The summed E-state index contributed by atoms with van der Waals surface area (Å²) in [6.45, 7) is 3.76. The summed E-state index contributed by atoms with van der Waals surface area (Å²) in [6.07, 6.45) is 0. The Morgan fingerprint density at radius 1 is 1.09 bits per heavy atom. The van der Waals surface area contributed by atoms with Crippen molar-refractivity contribution in [1.29, 1.82) is 0 Å². The zero-order valence-corrected chi connectivity index (χ0v) is 12.6. The van der Waals surface area contributed by atoms with Gasteiger partial charge in [-0.2, -0.15) is 0 Å². The second-order valence-corrected chi connectivity index (χ2v) is 7.36. The predicted octanol–water partition coefficient (Wildman–Crippen LogP) is 5.49. The van der Waals surface area contributed by atoms with Crippen molar-refractivity contribution < 1.29 is 28.7 Å². The smallest absolute Gasteiger partial charge is 0.310 e. The largest absolute Gasteiger partial charge is 0.361 e. The Balaban J connectivity index is 2.64. The minimum Gasteiger partial charge on any atom is -0.361 e. The third kappa shape index (κ3) is 2.99. The van der Waals surface area contributed by atoms with E-state index in [9.17, 15) is 24.2 Å². The minimum atomic E-state index is -9.87. The first-order chi connectivity index (χ1) is 9.70. The molecule has 9 heteroatoms. The van der Waals surface area contributed by atoms with Gasteiger partial charge in [0, 0.05) is 5.56 Å². The van der Waals surface area contributed by atoms with Crippen molar-refractivity contribution in [2.45, 2.75) is 25.7 Å². The van der Waals surface area contributed by atoms with Crippen LogP contribution < -0.4 is 0 Å². The molecular weight excluding hydrogens is 329 g/mol. The zero-order chi connectivity index (χ0) is 17.0. The molecule has 0 amide bonds. The van der Waals surface area contributed by atoms with E-state index in [4.69, 9.17) is 4.52 Å². The number of aromatic nitrogens is 1. The predicted molar refractivity (Wildman–Crippen MR) is 72.0 cm³/mol. The monoisotopic (exact) mass is 341 g/mol. The van der Waals surface area contributed by atoms with Crippen molar-refractivity contribution in [3.8, 4) is 0 Å². The molecule has 122 valence electrons. The summed E-state index contributed by atoms with van der Waals surface area (Å²) in [6, 6.07) is 2.10. The van der Waals surface area contributed by atoms with Crippen molar-refractivity contribution in [3.05, 3.63) is 46.3 Å². The SMILES string of the molecule is Cc1ccc(C(=O)c2c(C)noc2C)cc1S(F)(F)(F)(F)F. The molecule has 0 radical (unpaired) electrons. The van der Waals surface area contributed by atoms with Crippen molar-refractivity contribution >= 4 is 16.0 Å². The van der Waals surface area contributed by atoms with Crippen LogP contribution in [0.3, 0.4) is 0 Å². The zero-order valence-electron chi connectivity index (χ0n) is 11.8. The number of benzene rings is 1. The Kier molecular flexibility index (Phi) is 3.06. The third-order valence-corrected chi connectivity index (χ3v) is 4.40. The average molecular weight is 341 g/mol. The molecule has 1 heterocycles. The van der Waals surface area contributed by atoms with E-state index in [1.165, 1.54) is 13.8 Å². The molecule has 0 saturated heterocycles. The van der Waals surface area contributed by atoms with Gasteiger partial charge in [0.25, 0.3) is 0 Å². The van der Waals surface area contributed by atoms with Gasteiger partial charge in [0.1, 0.15) is 10.7 Å². The number of hydrogen-bond donors (Lipinski definition) is 0. The van der Waals surface area contributed by atoms with Crippen LogP contribution in [0.1, 0.15) is 32.9 Å². The van der Waals surface area contributed by atoms with Crippen LogP contribution >= 0.6 is 10.2 Å². The Labute approximate surface area is 122 Å². The molecule has 1 aromatic heterocycles. The quantitative estimate of drug-likeness (QED) is 0.548. The molecule has 3 nitrogen and oxygen atoms in total. The molecular formula is C13H12F5NO2S. The van der Waals surface area contributed by atoms with Crippen molar-refractivity contribution in [3.63, 3.8) is 0 Å². The fourth-order valence-corrected chi connectivity index (χ4v) is 3.13. The molecule has 0 aliphatic carbocycles. The van der Waals surface area contributed by atoms with Gasteiger partial charge in [-0.1, -0.05) is 36.7 Å². The second-order valence-electron chi connectivity index (χ2n) is 4.98. The lowest BCUT2D eigenvalue weighted by molar-refractivity contribution is 0.103. The molecule has 0 N–H and O–H groups in total. The lowest BCUT2D eigenvalue weighted by atomic mass is 10.0. The first kappa shape index (κ1) is 16.5. The number of rotatable bonds is 3. The van der Waals surface area contributed by atoms with Crippen LogP contribution in [0.2, 0.25) is 0 Å².